The van der Waals surface area contributed by atoms with Crippen molar-refractivity contribution in [1.29, 1.82) is 0 Å². The number of aliphatic hydroxyl groups is 1. The number of aliphatic hydroxyl groups excluding tert-OH is 1. The summed E-state index contributed by atoms with van der Waals surface area (Å²) in [6.07, 6.45) is 3.48. The minimum Gasteiger partial charge on any atom is -0.393 e. The molecule has 1 saturated carbocycles. The minimum atomic E-state index is -0.148. The zero-order chi connectivity index (χ0) is 15.9. The summed E-state index contributed by atoms with van der Waals surface area (Å²) in [6.45, 7) is 3.34. The molecule has 1 aromatic carbocycles. The highest BCUT2D eigenvalue weighted by Crippen LogP contribution is 2.22. The normalized spacial score (nSPS) is 22.5. The first-order valence-electron chi connectivity index (χ1n) is 7.75. The molecule has 1 fully saturated rings. The molecule has 0 aliphatic heterocycles. The third kappa shape index (κ3) is 5.34. The molecule has 1 aromatic rings. The first-order chi connectivity index (χ1) is 10.6. The van der Waals surface area contributed by atoms with Crippen LogP contribution in [0.2, 0.25) is 10.0 Å². The van der Waals surface area contributed by atoms with E-state index in [1.165, 1.54) is 0 Å². The van der Waals surface area contributed by atoms with E-state index in [4.69, 9.17) is 23.2 Å². The van der Waals surface area contributed by atoms with Crippen molar-refractivity contribution in [2.75, 3.05) is 6.54 Å². The second-order valence-electron chi connectivity index (χ2n) is 5.58. The van der Waals surface area contributed by atoms with Gasteiger partial charge in [-0.2, -0.15) is 0 Å². The molecule has 0 amide bonds. The van der Waals surface area contributed by atoms with Gasteiger partial charge in [0.1, 0.15) is 0 Å². The van der Waals surface area contributed by atoms with E-state index in [-0.39, 0.29) is 6.10 Å². The van der Waals surface area contributed by atoms with Gasteiger partial charge in [0.05, 0.1) is 12.6 Å². The summed E-state index contributed by atoms with van der Waals surface area (Å²) in [7, 11) is 0. The molecule has 0 heterocycles. The number of halogens is 2. The molecular weight excluding hydrogens is 321 g/mol. The van der Waals surface area contributed by atoms with Crippen LogP contribution in [0.3, 0.4) is 0 Å². The van der Waals surface area contributed by atoms with Crippen molar-refractivity contribution in [1.82, 2.24) is 10.6 Å². The fourth-order valence-electron chi connectivity index (χ4n) is 2.55. The van der Waals surface area contributed by atoms with Crippen LogP contribution >= 0.6 is 23.2 Å². The van der Waals surface area contributed by atoms with E-state index < -0.39 is 0 Å². The van der Waals surface area contributed by atoms with Crippen LogP contribution in [0.4, 0.5) is 0 Å². The van der Waals surface area contributed by atoms with Gasteiger partial charge in [-0.25, -0.2) is 4.99 Å². The van der Waals surface area contributed by atoms with E-state index in [1.807, 2.05) is 19.1 Å². The van der Waals surface area contributed by atoms with Crippen molar-refractivity contribution in [2.24, 2.45) is 4.99 Å². The van der Waals surface area contributed by atoms with E-state index >= 15 is 0 Å². The molecule has 2 rings (SSSR count). The molecule has 4 nitrogen and oxygen atoms in total. The van der Waals surface area contributed by atoms with E-state index in [9.17, 15) is 5.11 Å². The number of nitrogens with zero attached hydrogens (tertiary/aromatic N) is 1. The molecule has 6 heteroatoms. The molecular formula is C16H23Cl2N3O. The molecule has 22 heavy (non-hydrogen) atoms. The number of hydrogen-bond acceptors (Lipinski definition) is 2. The van der Waals surface area contributed by atoms with Gasteiger partial charge >= 0.3 is 0 Å². The van der Waals surface area contributed by atoms with Crippen LogP contribution in [0.1, 0.15) is 38.2 Å². The van der Waals surface area contributed by atoms with Gasteiger partial charge in [0, 0.05) is 22.6 Å². The molecule has 1 aliphatic carbocycles. The van der Waals surface area contributed by atoms with Crippen molar-refractivity contribution in [3.05, 3.63) is 33.8 Å². The summed E-state index contributed by atoms with van der Waals surface area (Å²) in [4.78, 5) is 4.59. The summed E-state index contributed by atoms with van der Waals surface area (Å²) >= 11 is 12.1. The Morgan fingerprint density at radius 1 is 1.27 bits per heavy atom. The number of hydrogen-bond donors (Lipinski definition) is 3. The van der Waals surface area contributed by atoms with E-state index in [0.717, 1.165) is 43.8 Å². The third-order valence-electron chi connectivity index (χ3n) is 3.80. The van der Waals surface area contributed by atoms with Crippen molar-refractivity contribution in [3.63, 3.8) is 0 Å². The van der Waals surface area contributed by atoms with Crippen molar-refractivity contribution in [2.45, 2.75) is 51.3 Å². The Kier molecular flexibility index (Phi) is 6.80. The van der Waals surface area contributed by atoms with E-state index in [2.05, 4.69) is 15.6 Å². The highest BCUT2D eigenvalue weighted by atomic mass is 35.5. The fraction of sp³-hybridized carbons (Fsp3) is 0.562. The quantitative estimate of drug-likeness (QED) is 0.580. The Hall–Kier alpha value is -0.970. The minimum absolute atomic E-state index is 0.148. The average Bonchev–Trinajstić information content (AvgIpc) is 2.48. The molecule has 0 aromatic heterocycles. The molecule has 0 bridgehead atoms. The van der Waals surface area contributed by atoms with Gasteiger partial charge in [-0.05, 0) is 50.3 Å². The lowest BCUT2D eigenvalue weighted by Crippen LogP contribution is -2.45. The van der Waals surface area contributed by atoms with Crippen LogP contribution < -0.4 is 10.6 Å². The first kappa shape index (κ1) is 17.4. The number of benzene rings is 1. The zero-order valence-electron chi connectivity index (χ0n) is 12.8. The molecule has 0 unspecified atom stereocenters. The number of rotatable bonds is 4. The summed E-state index contributed by atoms with van der Waals surface area (Å²) < 4.78 is 0. The van der Waals surface area contributed by atoms with Crippen LogP contribution in [0.25, 0.3) is 0 Å². The smallest absolute Gasteiger partial charge is 0.191 e. The zero-order valence-corrected chi connectivity index (χ0v) is 14.3. The van der Waals surface area contributed by atoms with Gasteiger partial charge in [0.15, 0.2) is 5.96 Å². The number of aliphatic imine (C=N–C) groups is 1. The van der Waals surface area contributed by atoms with Gasteiger partial charge in [0.25, 0.3) is 0 Å². The Morgan fingerprint density at radius 2 is 2.00 bits per heavy atom. The SMILES string of the molecule is CCNC(=NCc1ccc(Cl)cc1Cl)NC1CCC(O)CC1. The Balaban J connectivity index is 1.97. The predicted octanol–water partition coefficient (Wildman–Crippen LogP) is 3.35. The highest BCUT2D eigenvalue weighted by Gasteiger charge is 2.19. The first-order valence-corrected chi connectivity index (χ1v) is 8.51. The van der Waals surface area contributed by atoms with Gasteiger partial charge in [-0.1, -0.05) is 29.3 Å². The van der Waals surface area contributed by atoms with Crippen LogP contribution in [-0.2, 0) is 6.54 Å². The Bertz CT molecular complexity index is 514. The van der Waals surface area contributed by atoms with Crippen LogP contribution in [0, 0.1) is 0 Å². The second-order valence-corrected chi connectivity index (χ2v) is 6.42. The van der Waals surface area contributed by atoms with Crippen molar-refractivity contribution < 1.29 is 5.11 Å². The summed E-state index contributed by atoms with van der Waals surface area (Å²) in [5, 5.41) is 17.5. The maximum Gasteiger partial charge on any atom is 0.191 e. The molecule has 0 radical (unpaired) electrons. The lowest BCUT2D eigenvalue weighted by molar-refractivity contribution is 0.120. The number of guanidine groups is 1. The van der Waals surface area contributed by atoms with Gasteiger partial charge in [-0.15, -0.1) is 0 Å². The molecule has 0 saturated heterocycles. The molecule has 122 valence electrons. The topological polar surface area (TPSA) is 56.7 Å². The summed E-state index contributed by atoms with van der Waals surface area (Å²) in [5.74, 6) is 0.787. The van der Waals surface area contributed by atoms with E-state index in [1.54, 1.807) is 6.07 Å². The Morgan fingerprint density at radius 3 is 2.64 bits per heavy atom. The lowest BCUT2D eigenvalue weighted by Gasteiger charge is -2.27. The predicted molar refractivity (Wildman–Crippen MR) is 92.7 cm³/mol. The Labute approximate surface area is 141 Å². The van der Waals surface area contributed by atoms with Gasteiger partial charge < -0.3 is 15.7 Å². The van der Waals surface area contributed by atoms with Gasteiger partial charge in [0.2, 0.25) is 0 Å². The van der Waals surface area contributed by atoms with Crippen LogP contribution in [0.5, 0.6) is 0 Å². The van der Waals surface area contributed by atoms with Crippen LogP contribution in [-0.4, -0.2) is 29.8 Å². The van der Waals surface area contributed by atoms with Crippen LogP contribution in [0.15, 0.2) is 23.2 Å². The van der Waals surface area contributed by atoms with Gasteiger partial charge in [-0.3, -0.25) is 0 Å². The maximum absolute atomic E-state index is 9.57. The van der Waals surface area contributed by atoms with Crippen molar-refractivity contribution >= 4 is 29.2 Å². The maximum atomic E-state index is 9.57. The third-order valence-corrected chi connectivity index (χ3v) is 4.39. The highest BCUT2D eigenvalue weighted by molar-refractivity contribution is 6.35. The largest absolute Gasteiger partial charge is 0.393 e. The molecule has 3 N–H and O–H groups in total. The fourth-order valence-corrected chi connectivity index (χ4v) is 3.02. The monoisotopic (exact) mass is 343 g/mol. The average molecular weight is 344 g/mol. The molecule has 0 spiro atoms. The molecule has 1 aliphatic rings. The molecule has 0 atom stereocenters. The summed E-state index contributed by atoms with van der Waals surface area (Å²) in [6, 6.07) is 5.81. The van der Waals surface area contributed by atoms with E-state index in [0.29, 0.717) is 22.6 Å². The van der Waals surface area contributed by atoms with Crippen molar-refractivity contribution in [3.8, 4) is 0 Å². The summed E-state index contributed by atoms with van der Waals surface area (Å²) in [5.41, 5.74) is 0.947. The number of nitrogens with one attached hydrogen (secondary N) is 2. The lowest BCUT2D eigenvalue weighted by atomic mass is 9.93. The second kappa shape index (κ2) is 8.61. The standard InChI is InChI=1S/C16H23Cl2N3O/c1-2-19-16(21-13-5-7-14(22)8-6-13)20-10-11-3-4-12(17)9-15(11)18/h3-4,9,13-14,22H,2,5-8,10H2,1H3,(H2,19,20,21).